The van der Waals surface area contributed by atoms with Gasteiger partial charge in [0.2, 0.25) is 0 Å². The first-order valence-electron chi connectivity index (χ1n) is 7.81. The third-order valence-electron chi connectivity index (χ3n) is 4.81. The first kappa shape index (κ1) is 16.7. The van der Waals surface area contributed by atoms with E-state index in [-0.39, 0.29) is 17.4 Å². The van der Waals surface area contributed by atoms with Crippen LogP contribution in [0.5, 0.6) is 0 Å². The van der Waals surface area contributed by atoms with Gasteiger partial charge < -0.3 is 5.32 Å². The first-order valence-corrected chi connectivity index (χ1v) is 8.19. The van der Waals surface area contributed by atoms with Crippen LogP contribution >= 0.6 is 11.6 Å². The minimum Gasteiger partial charge on any atom is -0.315 e. The van der Waals surface area contributed by atoms with Gasteiger partial charge in [0.1, 0.15) is 5.82 Å². The lowest BCUT2D eigenvalue weighted by Crippen LogP contribution is -2.59. The number of halogens is 2. The Morgan fingerprint density at radius 3 is 2.52 bits per heavy atom. The Morgan fingerprint density at radius 2 is 1.95 bits per heavy atom. The molecule has 118 valence electrons. The molecule has 1 unspecified atom stereocenters. The molecule has 0 spiro atoms. The van der Waals surface area contributed by atoms with Gasteiger partial charge in [-0.15, -0.1) is 0 Å². The van der Waals surface area contributed by atoms with Crippen molar-refractivity contribution in [1.29, 1.82) is 0 Å². The van der Waals surface area contributed by atoms with Crippen LogP contribution in [-0.2, 0) is 6.42 Å². The highest BCUT2D eigenvalue weighted by atomic mass is 35.5. The van der Waals surface area contributed by atoms with E-state index >= 15 is 0 Å². The van der Waals surface area contributed by atoms with E-state index in [1.54, 1.807) is 6.07 Å². The molecule has 0 aliphatic carbocycles. The van der Waals surface area contributed by atoms with Gasteiger partial charge in [-0.25, -0.2) is 4.39 Å². The van der Waals surface area contributed by atoms with E-state index in [0.29, 0.717) is 5.02 Å². The predicted molar refractivity (Wildman–Crippen MR) is 87.5 cm³/mol. The first-order chi connectivity index (χ1) is 9.95. The summed E-state index contributed by atoms with van der Waals surface area (Å²) in [5, 5.41) is 3.95. The Morgan fingerprint density at radius 1 is 1.29 bits per heavy atom. The molecule has 0 saturated carbocycles. The van der Waals surface area contributed by atoms with Gasteiger partial charge in [-0.05, 0) is 70.9 Å². The number of hydrogen-bond acceptors (Lipinski definition) is 2. The van der Waals surface area contributed by atoms with Crippen LogP contribution < -0.4 is 5.32 Å². The van der Waals surface area contributed by atoms with Crippen molar-refractivity contribution < 1.29 is 4.39 Å². The number of piperidine rings is 1. The van der Waals surface area contributed by atoms with Gasteiger partial charge >= 0.3 is 0 Å². The lowest BCUT2D eigenvalue weighted by molar-refractivity contribution is 0.0635. The average molecular weight is 313 g/mol. The van der Waals surface area contributed by atoms with Crippen molar-refractivity contribution in [3.63, 3.8) is 0 Å². The SMILES string of the molecule is CNC(Cc1ccc(F)cc1Cl)C(C)(C)N1CCCCC1. The van der Waals surface area contributed by atoms with Crippen LogP contribution in [-0.4, -0.2) is 36.6 Å². The second-order valence-electron chi connectivity index (χ2n) is 6.48. The molecule has 0 amide bonds. The molecule has 1 atom stereocenters. The van der Waals surface area contributed by atoms with Crippen LogP contribution in [0.25, 0.3) is 0 Å². The monoisotopic (exact) mass is 312 g/mol. The van der Waals surface area contributed by atoms with Crippen molar-refractivity contribution in [2.75, 3.05) is 20.1 Å². The molecule has 1 aromatic carbocycles. The molecular weight excluding hydrogens is 287 g/mol. The van der Waals surface area contributed by atoms with Gasteiger partial charge in [0.15, 0.2) is 0 Å². The number of likely N-dealkylation sites (tertiary alicyclic amines) is 1. The van der Waals surface area contributed by atoms with Crippen LogP contribution in [0, 0.1) is 5.82 Å². The summed E-state index contributed by atoms with van der Waals surface area (Å²) in [6, 6.07) is 4.96. The summed E-state index contributed by atoms with van der Waals surface area (Å²) in [5.41, 5.74) is 1.05. The topological polar surface area (TPSA) is 15.3 Å². The van der Waals surface area contributed by atoms with Crippen molar-refractivity contribution in [2.45, 2.75) is 51.1 Å². The molecule has 1 N–H and O–H groups in total. The summed E-state index contributed by atoms with van der Waals surface area (Å²) in [6.07, 6.45) is 4.69. The van der Waals surface area contributed by atoms with Crippen LogP contribution in [0.15, 0.2) is 18.2 Å². The Hall–Kier alpha value is -0.640. The standard InChI is InChI=1S/C17H26ClFN2/c1-17(2,21-9-5-4-6-10-21)16(20-3)11-13-7-8-14(19)12-15(13)18/h7-8,12,16,20H,4-6,9-11H2,1-3H3. The summed E-state index contributed by atoms with van der Waals surface area (Å²) in [7, 11) is 1.99. The molecule has 0 bridgehead atoms. The van der Waals surface area contributed by atoms with Crippen molar-refractivity contribution in [3.8, 4) is 0 Å². The fraction of sp³-hybridized carbons (Fsp3) is 0.647. The van der Waals surface area contributed by atoms with Gasteiger partial charge in [0.25, 0.3) is 0 Å². The zero-order valence-corrected chi connectivity index (χ0v) is 14.0. The van der Waals surface area contributed by atoms with Crippen molar-refractivity contribution in [2.24, 2.45) is 0 Å². The quantitative estimate of drug-likeness (QED) is 0.888. The van der Waals surface area contributed by atoms with E-state index in [1.165, 1.54) is 31.4 Å². The molecule has 0 aromatic heterocycles. The molecule has 1 aliphatic rings. The van der Waals surface area contributed by atoms with Gasteiger partial charge in [0.05, 0.1) is 0 Å². The number of nitrogens with zero attached hydrogens (tertiary/aromatic N) is 1. The van der Waals surface area contributed by atoms with Crippen molar-refractivity contribution >= 4 is 11.6 Å². The second kappa shape index (κ2) is 7.08. The molecular formula is C17H26ClFN2. The highest BCUT2D eigenvalue weighted by Crippen LogP contribution is 2.28. The summed E-state index contributed by atoms with van der Waals surface area (Å²) in [6.45, 7) is 6.89. The van der Waals surface area contributed by atoms with Gasteiger partial charge in [-0.1, -0.05) is 24.1 Å². The molecule has 2 rings (SSSR count). The number of likely N-dealkylation sites (N-methyl/N-ethyl adjacent to an activating group) is 1. The fourth-order valence-corrected chi connectivity index (χ4v) is 3.55. The fourth-order valence-electron chi connectivity index (χ4n) is 3.30. The molecule has 2 nitrogen and oxygen atoms in total. The normalized spacial score (nSPS) is 18.7. The van der Waals surface area contributed by atoms with Gasteiger partial charge in [-0.3, -0.25) is 4.90 Å². The molecule has 1 aliphatic heterocycles. The number of nitrogens with one attached hydrogen (secondary N) is 1. The third-order valence-corrected chi connectivity index (χ3v) is 5.16. The Bertz CT molecular complexity index is 470. The summed E-state index contributed by atoms with van der Waals surface area (Å²) in [4.78, 5) is 2.56. The maximum Gasteiger partial charge on any atom is 0.124 e. The van der Waals surface area contributed by atoms with E-state index in [0.717, 1.165) is 25.1 Å². The summed E-state index contributed by atoms with van der Waals surface area (Å²) < 4.78 is 13.2. The van der Waals surface area contributed by atoms with Crippen LogP contribution in [0.3, 0.4) is 0 Å². The zero-order chi connectivity index (χ0) is 15.5. The second-order valence-corrected chi connectivity index (χ2v) is 6.89. The Kier molecular flexibility index (Phi) is 5.64. The van der Waals surface area contributed by atoms with E-state index in [9.17, 15) is 4.39 Å². The number of benzene rings is 1. The number of rotatable bonds is 5. The Labute approximate surface area is 132 Å². The summed E-state index contributed by atoms with van der Waals surface area (Å²) in [5.74, 6) is -0.278. The molecule has 1 saturated heterocycles. The largest absolute Gasteiger partial charge is 0.315 e. The van der Waals surface area contributed by atoms with Crippen LogP contribution in [0.2, 0.25) is 5.02 Å². The lowest BCUT2D eigenvalue weighted by atomic mass is 9.86. The summed E-state index contributed by atoms with van der Waals surface area (Å²) >= 11 is 6.19. The van der Waals surface area contributed by atoms with Gasteiger partial charge in [0, 0.05) is 16.6 Å². The van der Waals surface area contributed by atoms with E-state index in [2.05, 4.69) is 24.1 Å². The third kappa shape index (κ3) is 3.97. The molecule has 1 heterocycles. The lowest BCUT2D eigenvalue weighted by Gasteiger charge is -2.46. The van der Waals surface area contributed by atoms with Crippen LogP contribution in [0.4, 0.5) is 4.39 Å². The smallest absolute Gasteiger partial charge is 0.124 e. The molecule has 1 aromatic rings. The van der Waals surface area contributed by atoms with Crippen molar-refractivity contribution in [1.82, 2.24) is 10.2 Å². The van der Waals surface area contributed by atoms with E-state index in [4.69, 9.17) is 11.6 Å². The van der Waals surface area contributed by atoms with E-state index in [1.807, 2.05) is 7.05 Å². The molecule has 4 heteroatoms. The van der Waals surface area contributed by atoms with Crippen LogP contribution in [0.1, 0.15) is 38.7 Å². The average Bonchev–Trinajstić information content (AvgIpc) is 2.47. The number of hydrogen-bond donors (Lipinski definition) is 1. The zero-order valence-electron chi connectivity index (χ0n) is 13.3. The minimum absolute atomic E-state index is 0.0485. The Balaban J connectivity index is 2.14. The maximum atomic E-state index is 13.2. The minimum atomic E-state index is -0.278. The highest BCUT2D eigenvalue weighted by Gasteiger charge is 2.35. The predicted octanol–water partition coefficient (Wildman–Crippen LogP) is 3.87. The van der Waals surface area contributed by atoms with Gasteiger partial charge in [-0.2, -0.15) is 0 Å². The van der Waals surface area contributed by atoms with E-state index < -0.39 is 0 Å². The highest BCUT2D eigenvalue weighted by molar-refractivity contribution is 6.31. The molecule has 1 fully saturated rings. The van der Waals surface area contributed by atoms with Crippen molar-refractivity contribution in [3.05, 3.63) is 34.6 Å². The molecule has 21 heavy (non-hydrogen) atoms. The molecule has 0 radical (unpaired) electrons. The maximum absolute atomic E-state index is 13.2.